The second kappa shape index (κ2) is 6.57. The Morgan fingerprint density at radius 2 is 1.95 bits per heavy atom. The van der Waals surface area contributed by atoms with Gasteiger partial charge in [-0.25, -0.2) is 0 Å². The van der Waals surface area contributed by atoms with Gasteiger partial charge in [0.05, 0.1) is 5.54 Å². The summed E-state index contributed by atoms with van der Waals surface area (Å²) in [6, 6.07) is 8.11. The van der Waals surface area contributed by atoms with Crippen molar-refractivity contribution in [3.63, 3.8) is 0 Å². The fourth-order valence-electron chi connectivity index (χ4n) is 2.60. The summed E-state index contributed by atoms with van der Waals surface area (Å²) in [4.78, 5) is 12.2. The van der Waals surface area contributed by atoms with E-state index >= 15 is 0 Å². The molecule has 0 saturated carbocycles. The van der Waals surface area contributed by atoms with Crippen LogP contribution in [0.3, 0.4) is 0 Å². The molecule has 0 aromatic heterocycles. The van der Waals surface area contributed by atoms with E-state index in [1.807, 2.05) is 38.1 Å². The number of nitrogens with one attached hydrogen (secondary N) is 1. The van der Waals surface area contributed by atoms with E-state index in [2.05, 4.69) is 27.3 Å². The van der Waals surface area contributed by atoms with Gasteiger partial charge in [-0.2, -0.15) is 0 Å². The molecule has 1 N–H and O–H groups in total. The molecule has 0 aliphatic heterocycles. The summed E-state index contributed by atoms with van der Waals surface area (Å²) in [5, 5.41) is 3.14. The number of benzene rings is 1. The molecule has 0 saturated heterocycles. The normalized spacial score (nSPS) is 15.7. The predicted octanol–water partition coefficient (Wildman–Crippen LogP) is 4.69. The van der Waals surface area contributed by atoms with Gasteiger partial charge in [-0.15, -0.1) is 0 Å². The molecule has 1 aromatic carbocycles. The minimum atomic E-state index is -0.340. The summed E-state index contributed by atoms with van der Waals surface area (Å²) in [7, 11) is 0. The highest BCUT2D eigenvalue weighted by Gasteiger charge is 2.23. The van der Waals surface area contributed by atoms with E-state index in [1.165, 1.54) is 18.4 Å². The lowest BCUT2D eigenvalue weighted by molar-refractivity contribution is -0.122. The van der Waals surface area contributed by atoms with Crippen LogP contribution in [0.2, 0.25) is 0 Å². The minimum absolute atomic E-state index is 0.117. The van der Waals surface area contributed by atoms with Crippen molar-refractivity contribution in [1.29, 1.82) is 0 Å². The van der Waals surface area contributed by atoms with Crippen LogP contribution in [0.1, 0.15) is 51.5 Å². The number of rotatable bonds is 4. The molecule has 2 rings (SSSR count). The molecule has 0 fully saturated rings. The van der Waals surface area contributed by atoms with Gasteiger partial charge in [0.25, 0.3) is 0 Å². The van der Waals surface area contributed by atoms with Crippen LogP contribution in [-0.4, -0.2) is 5.91 Å². The Hall–Kier alpha value is -1.09. The molecule has 0 atom stereocenters. The van der Waals surface area contributed by atoms with Crippen LogP contribution >= 0.6 is 15.9 Å². The van der Waals surface area contributed by atoms with Crippen molar-refractivity contribution < 1.29 is 4.79 Å². The topological polar surface area (TPSA) is 29.1 Å². The number of amides is 1. The van der Waals surface area contributed by atoms with Crippen molar-refractivity contribution in [2.45, 2.75) is 51.5 Å². The molecule has 0 bridgehead atoms. The lowest BCUT2D eigenvalue weighted by Gasteiger charge is -2.27. The Labute approximate surface area is 129 Å². The van der Waals surface area contributed by atoms with Gasteiger partial charge in [0.15, 0.2) is 0 Å². The first-order chi connectivity index (χ1) is 9.47. The summed E-state index contributed by atoms with van der Waals surface area (Å²) in [6.45, 7) is 4.09. The van der Waals surface area contributed by atoms with Gasteiger partial charge in [0.1, 0.15) is 0 Å². The molecule has 1 aromatic rings. The van der Waals surface area contributed by atoms with Crippen LogP contribution < -0.4 is 5.32 Å². The first-order valence-corrected chi connectivity index (χ1v) is 8.02. The van der Waals surface area contributed by atoms with Crippen LogP contribution in [0.4, 0.5) is 0 Å². The van der Waals surface area contributed by atoms with Gasteiger partial charge in [0.2, 0.25) is 5.91 Å². The smallest absolute Gasteiger partial charge is 0.224 e. The Bertz CT molecular complexity index is 502. The van der Waals surface area contributed by atoms with Crippen molar-refractivity contribution >= 4 is 21.8 Å². The van der Waals surface area contributed by atoms with Crippen molar-refractivity contribution in [3.8, 4) is 0 Å². The Balaban J connectivity index is 1.98. The van der Waals surface area contributed by atoms with Gasteiger partial charge in [0, 0.05) is 10.9 Å². The van der Waals surface area contributed by atoms with Crippen molar-refractivity contribution in [3.05, 3.63) is 46.0 Å². The highest BCUT2D eigenvalue weighted by atomic mass is 79.9. The second-order valence-corrected chi connectivity index (χ2v) is 6.88. The maximum Gasteiger partial charge on any atom is 0.224 e. The number of halogens is 1. The third-order valence-electron chi connectivity index (χ3n) is 3.79. The fraction of sp³-hybridized carbons (Fsp3) is 0.471. The molecule has 3 heteroatoms. The van der Waals surface area contributed by atoms with Crippen LogP contribution in [0.5, 0.6) is 0 Å². The second-order valence-electron chi connectivity index (χ2n) is 5.97. The van der Waals surface area contributed by atoms with Gasteiger partial charge < -0.3 is 5.32 Å². The van der Waals surface area contributed by atoms with Crippen molar-refractivity contribution in [2.75, 3.05) is 0 Å². The molecular formula is C17H22BrNO. The van der Waals surface area contributed by atoms with Crippen LogP contribution in [0.15, 0.2) is 40.4 Å². The zero-order valence-electron chi connectivity index (χ0n) is 12.2. The average molecular weight is 336 g/mol. The number of hydrogen-bond donors (Lipinski definition) is 1. The van der Waals surface area contributed by atoms with E-state index in [1.54, 1.807) is 0 Å². The zero-order chi connectivity index (χ0) is 14.6. The number of carbonyl (C=O) groups is 1. The molecule has 0 spiro atoms. The third-order valence-corrected chi connectivity index (χ3v) is 4.32. The molecule has 1 amide bonds. The Kier molecular flexibility index (Phi) is 5.03. The van der Waals surface area contributed by atoms with Crippen molar-refractivity contribution in [1.82, 2.24) is 5.32 Å². The minimum Gasteiger partial charge on any atom is -0.347 e. The van der Waals surface area contributed by atoms with Gasteiger partial charge >= 0.3 is 0 Å². The first kappa shape index (κ1) is 15.3. The lowest BCUT2D eigenvalue weighted by atomic mass is 9.93. The quantitative estimate of drug-likeness (QED) is 0.794. The van der Waals surface area contributed by atoms with E-state index in [4.69, 9.17) is 0 Å². The first-order valence-electron chi connectivity index (χ1n) is 7.22. The van der Waals surface area contributed by atoms with Crippen molar-refractivity contribution in [2.24, 2.45) is 0 Å². The lowest BCUT2D eigenvalue weighted by Crippen LogP contribution is -2.41. The van der Waals surface area contributed by atoms with Gasteiger partial charge in [-0.1, -0.05) is 39.7 Å². The highest BCUT2D eigenvalue weighted by molar-refractivity contribution is 9.10. The average Bonchev–Trinajstić information content (AvgIpc) is 2.39. The third kappa shape index (κ3) is 4.20. The SMILES string of the molecule is CC(C)(NC(=O)CC1=CCCCC1)c1ccc(Br)cc1. The molecule has 2 nitrogen and oxygen atoms in total. The highest BCUT2D eigenvalue weighted by Crippen LogP contribution is 2.24. The van der Waals surface area contributed by atoms with Crippen LogP contribution in [0, 0.1) is 0 Å². The fourth-order valence-corrected chi connectivity index (χ4v) is 2.87. The Morgan fingerprint density at radius 3 is 2.55 bits per heavy atom. The summed E-state index contributed by atoms with van der Waals surface area (Å²) in [5.41, 5.74) is 2.07. The molecule has 20 heavy (non-hydrogen) atoms. The largest absolute Gasteiger partial charge is 0.347 e. The molecule has 0 heterocycles. The molecule has 1 aliphatic carbocycles. The van der Waals surface area contributed by atoms with E-state index in [-0.39, 0.29) is 11.4 Å². The maximum atomic E-state index is 12.2. The van der Waals surface area contributed by atoms with Gasteiger partial charge in [-0.3, -0.25) is 4.79 Å². The molecule has 0 unspecified atom stereocenters. The number of allylic oxidation sites excluding steroid dienone is 1. The number of hydrogen-bond acceptors (Lipinski definition) is 1. The van der Waals surface area contributed by atoms with Crippen LogP contribution in [-0.2, 0) is 10.3 Å². The number of carbonyl (C=O) groups excluding carboxylic acids is 1. The molecular weight excluding hydrogens is 314 g/mol. The summed E-state index contributed by atoms with van der Waals surface area (Å²) in [5.74, 6) is 0.117. The summed E-state index contributed by atoms with van der Waals surface area (Å²) >= 11 is 3.43. The summed E-state index contributed by atoms with van der Waals surface area (Å²) in [6.07, 6.45) is 7.45. The van der Waals surface area contributed by atoms with E-state index < -0.39 is 0 Å². The van der Waals surface area contributed by atoms with E-state index in [0.29, 0.717) is 6.42 Å². The van der Waals surface area contributed by atoms with Gasteiger partial charge in [-0.05, 0) is 57.2 Å². The predicted molar refractivity (Wildman–Crippen MR) is 86.5 cm³/mol. The molecule has 1 aliphatic rings. The van der Waals surface area contributed by atoms with E-state index in [0.717, 1.165) is 22.9 Å². The monoisotopic (exact) mass is 335 g/mol. The van der Waals surface area contributed by atoms with Crippen LogP contribution in [0.25, 0.3) is 0 Å². The molecule has 108 valence electrons. The summed E-state index contributed by atoms with van der Waals surface area (Å²) < 4.78 is 1.05. The van der Waals surface area contributed by atoms with E-state index in [9.17, 15) is 4.79 Å². The maximum absolute atomic E-state index is 12.2. The standard InChI is InChI=1S/C17H22BrNO/c1-17(2,14-8-10-15(18)11-9-14)19-16(20)12-13-6-4-3-5-7-13/h6,8-11H,3-5,7,12H2,1-2H3,(H,19,20). The zero-order valence-corrected chi connectivity index (χ0v) is 13.8. The Morgan fingerprint density at radius 1 is 1.25 bits per heavy atom. The molecule has 0 radical (unpaired) electrons.